The third-order valence-electron chi connectivity index (χ3n) is 1.58. The number of ether oxygens (including phenoxy) is 2. The highest BCUT2D eigenvalue weighted by atomic mass is 16.6. The number of carbonyl (C=O) groups excluding carboxylic acids is 2. The predicted molar refractivity (Wildman–Crippen MR) is 50.0 cm³/mol. The third kappa shape index (κ3) is 5.09. The van der Waals surface area contributed by atoms with Gasteiger partial charge in [-0.15, -0.1) is 0 Å². The van der Waals surface area contributed by atoms with Crippen molar-refractivity contribution in [3.63, 3.8) is 0 Å². The molecule has 0 aliphatic heterocycles. The summed E-state index contributed by atoms with van der Waals surface area (Å²) >= 11 is 0. The van der Waals surface area contributed by atoms with Crippen molar-refractivity contribution in [1.29, 1.82) is 0 Å². The second-order valence-corrected chi connectivity index (χ2v) is 3.85. The molecule has 0 aromatic carbocycles. The molecule has 0 spiro atoms. The van der Waals surface area contributed by atoms with Gasteiger partial charge in [0.2, 0.25) is 0 Å². The number of hydrogen-bond acceptors (Lipinski definition) is 6. The monoisotopic (exact) mass is 232 g/mol. The molecule has 0 saturated carbocycles. The second-order valence-electron chi connectivity index (χ2n) is 3.85. The van der Waals surface area contributed by atoms with Crippen LogP contribution in [-0.2, 0) is 19.1 Å². The Kier molecular flexibility index (Phi) is 5.98. The summed E-state index contributed by atoms with van der Waals surface area (Å²) in [6.07, 6.45) is -4.26. The molecule has 94 valence electrons. The van der Waals surface area contributed by atoms with Crippen LogP contribution in [-0.4, -0.2) is 36.4 Å². The lowest BCUT2D eigenvalue weighted by Gasteiger charge is -2.31. The Bertz CT molecular complexity index is 222. The standard InChI is InChI=1S/C10H18O6/c1-5(2)15-7(9(11)12)8(10(13)14)16-6(3)4/h5-8H,1-4H3,(H,11,12)(H,13,14)/p-2. The highest BCUT2D eigenvalue weighted by molar-refractivity contribution is 5.81. The predicted octanol–water partition coefficient (Wildman–Crippen LogP) is -1.93. The lowest BCUT2D eigenvalue weighted by molar-refractivity contribution is -0.340. The van der Waals surface area contributed by atoms with E-state index in [9.17, 15) is 19.8 Å². The summed E-state index contributed by atoms with van der Waals surface area (Å²) in [4.78, 5) is 21.5. The molecule has 0 radical (unpaired) electrons. The fraction of sp³-hybridized carbons (Fsp3) is 0.800. The van der Waals surface area contributed by atoms with E-state index in [-0.39, 0.29) is 0 Å². The average molecular weight is 232 g/mol. The fourth-order valence-electron chi connectivity index (χ4n) is 1.09. The van der Waals surface area contributed by atoms with Crippen LogP contribution in [0, 0.1) is 0 Å². The van der Waals surface area contributed by atoms with Gasteiger partial charge in [-0.25, -0.2) is 0 Å². The van der Waals surface area contributed by atoms with Crippen LogP contribution in [0.3, 0.4) is 0 Å². The van der Waals surface area contributed by atoms with Gasteiger partial charge in [-0.05, 0) is 27.7 Å². The second kappa shape index (κ2) is 6.44. The van der Waals surface area contributed by atoms with Crippen molar-refractivity contribution in [3.8, 4) is 0 Å². The molecule has 0 fully saturated rings. The van der Waals surface area contributed by atoms with Crippen LogP contribution in [0.4, 0.5) is 0 Å². The molecule has 0 aliphatic carbocycles. The smallest absolute Gasteiger partial charge is 0.129 e. The molecule has 0 heterocycles. The fourth-order valence-corrected chi connectivity index (χ4v) is 1.09. The summed E-state index contributed by atoms with van der Waals surface area (Å²) in [5.41, 5.74) is 0. The summed E-state index contributed by atoms with van der Waals surface area (Å²) in [5, 5.41) is 21.5. The first-order valence-electron chi connectivity index (χ1n) is 4.98. The van der Waals surface area contributed by atoms with Gasteiger partial charge >= 0.3 is 0 Å². The van der Waals surface area contributed by atoms with Crippen molar-refractivity contribution >= 4 is 11.9 Å². The molecule has 0 saturated heterocycles. The van der Waals surface area contributed by atoms with Gasteiger partial charge in [0.15, 0.2) is 0 Å². The van der Waals surface area contributed by atoms with E-state index >= 15 is 0 Å². The van der Waals surface area contributed by atoms with Crippen LogP contribution >= 0.6 is 0 Å². The molecule has 2 unspecified atom stereocenters. The van der Waals surface area contributed by atoms with Crippen molar-refractivity contribution < 1.29 is 29.3 Å². The van der Waals surface area contributed by atoms with Crippen LogP contribution in [0.2, 0.25) is 0 Å². The van der Waals surface area contributed by atoms with Crippen molar-refractivity contribution in [2.75, 3.05) is 0 Å². The Morgan fingerprint density at radius 2 is 1.06 bits per heavy atom. The van der Waals surface area contributed by atoms with E-state index in [1.165, 1.54) is 0 Å². The minimum Gasteiger partial charge on any atom is -0.547 e. The first-order chi connectivity index (χ1) is 7.25. The third-order valence-corrected chi connectivity index (χ3v) is 1.58. The molecule has 0 aliphatic rings. The Morgan fingerprint density at radius 3 is 1.19 bits per heavy atom. The van der Waals surface area contributed by atoms with Crippen molar-refractivity contribution in [3.05, 3.63) is 0 Å². The van der Waals surface area contributed by atoms with Gasteiger partial charge in [-0.1, -0.05) is 0 Å². The van der Waals surface area contributed by atoms with Crippen molar-refractivity contribution in [2.45, 2.75) is 52.1 Å². The summed E-state index contributed by atoms with van der Waals surface area (Å²) in [6.45, 7) is 6.32. The molecule has 0 N–H and O–H groups in total. The zero-order chi connectivity index (χ0) is 12.9. The largest absolute Gasteiger partial charge is 0.547 e. The Hall–Kier alpha value is -1.14. The van der Waals surface area contributed by atoms with Crippen LogP contribution in [0.15, 0.2) is 0 Å². The maximum Gasteiger partial charge on any atom is 0.129 e. The zero-order valence-corrected chi connectivity index (χ0v) is 9.76. The van der Waals surface area contributed by atoms with Crippen LogP contribution in [0.25, 0.3) is 0 Å². The maximum atomic E-state index is 10.8. The lowest BCUT2D eigenvalue weighted by atomic mass is 10.2. The van der Waals surface area contributed by atoms with E-state index < -0.39 is 36.4 Å². The van der Waals surface area contributed by atoms with Crippen LogP contribution in [0.1, 0.15) is 27.7 Å². The molecular formula is C10H16O6-2. The van der Waals surface area contributed by atoms with Crippen molar-refractivity contribution in [2.24, 2.45) is 0 Å². The molecule has 0 bridgehead atoms. The average Bonchev–Trinajstić information content (AvgIpc) is 2.09. The molecule has 0 aromatic heterocycles. The van der Waals surface area contributed by atoms with Gasteiger partial charge in [0, 0.05) is 0 Å². The summed E-state index contributed by atoms with van der Waals surface area (Å²) in [6, 6.07) is 0. The topological polar surface area (TPSA) is 98.7 Å². The van der Waals surface area contributed by atoms with Gasteiger partial charge < -0.3 is 29.3 Å². The van der Waals surface area contributed by atoms with Crippen LogP contribution in [0.5, 0.6) is 0 Å². The van der Waals surface area contributed by atoms with E-state index in [1.54, 1.807) is 27.7 Å². The van der Waals surface area contributed by atoms with E-state index in [0.717, 1.165) is 0 Å². The van der Waals surface area contributed by atoms with Crippen molar-refractivity contribution in [1.82, 2.24) is 0 Å². The molecule has 16 heavy (non-hydrogen) atoms. The first-order valence-corrected chi connectivity index (χ1v) is 4.98. The molecule has 0 aromatic rings. The van der Waals surface area contributed by atoms with Gasteiger partial charge in [-0.2, -0.15) is 0 Å². The van der Waals surface area contributed by atoms with Gasteiger partial charge in [0.25, 0.3) is 0 Å². The zero-order valence-electron chi connectivity index (χ0n) is 9.76. The SMILES string of the molecule is CC(C)OC(C(=O)[O-])C(OC(C)C)C(=O)[O-]. The van der Waals surface area contributed by atoms with E-state index in [4.69, 9.17) is 9.47 Å². The van der Waals surface area contributed by atoms with E-state index in [2.05, 4.69) is 0 Å². The molecular weight excluding hydrogens is 216 g/mol. The van der Waals surface area contributed by atoms with Crippen LogP contribution < -0.4 is 10.2 Å². The molecule has 6 heteroatoms. The molecule has 0 rings (SSSR count). The number of rotatable bonds is 7. The molecule has 0 amide bonds. The minimum atomic E-state index is -1.67. The number of hydrogen-bond donors (Lipinski definition) is 0. The summed E-state index contributed by atoms with van der Waals surface area (Å²) < 4.78 is 9.86. The Labute approximate surface area is 94.2 Å². The number of carbonyl (C=O) groups is 2. The number of aliphatic carboxylic acids is 2. The Balaban J connectivity index is 4.80. The maximum absolute atomic E-state index is 10.8. The lowest BCUT2D eigenvalue weighted by Crippen LogP contribution is -2.55. The molecule has 6 nitrogen and oxygen atoms in total. The van der Waals surface area contributed by atoms with E-state index in [0.29, 0.717) is 0 Å². The summed E-state index contributed by atoms with van der Waals surface area (Å²) in [7, 11) is 0. The minimum absolute atomic E-state index is 0.458. The quantitative estimate of drug-likeness (QED) is 0.507. The van der Waals surface area contributed by atoms with Gasteiger partial charge in [0.1, 0.15) is 12.2 Å². The Morgan fingerprint density at radius 1 is 0.812 bits per heavy atom. The summed E-state index contributed by atoms with van der Waals surface area (Å²) in [5.74, 6) is -3.27. The first kappa shape index (κ1) is 14.9. The highest BCUT2D eigenvalue weighted by Gasteiger charge is 2.27. The highest BCUT2D eigenvalue weighted by Crippen LogP contribution is 2.09. The number of carboxylic acid groups (broad SMARTS) is 2. The van der Waals surface area contributed by atoms with Gasteiger partial charge in [-0.3, -0.25) is 0 Å². The van der Waals surface area contributed by atoms with Gasteiger partial charge in [0.05, 0.1) is 24.1 Å². The molecule has 2 atom stereocenters. The normalized spacial score (nSPS) is 15.1. The number of carboxylic acids is 2. The van der Waals surface area contributed by atoms with E-state index in [1.807, 2.05) is 0 Å².